The number of H-pyrrole nitrogens is 1. The highest BCUT2D eigenvalue weighted by atomic mass is 32.2. The van der Waals surface area contributed by atoms with E-state index in [9.17, 15) is 13.2 Å². The maximum absolute atomic E-state index is 11.7. The van der Waals surface area contributed by atoms with Crippen molar-refractivity contribution in [1.29, 1.82) is 0 Å². The lowest BCUT2D eigenvalue weighted by Crippen LogP contribution is -2.24. The van der Waals surface area contributed by atoms with Crippen LogP contribution < -0.4 is 5.73 Å². The molecule has 8 heteroatoms. The van der Waals surface area contributed by atoms with Gasteiger partial charge >= 0.3 is 0 Å². The van der Waals surface area contributed by atoms with Crippen LogP contribution in [0.4, 0.5) is 0 Å². The number of hydrogen-bond donors (Lipinski definition) is 2. The number of aryl methyl sites for hydroxylation is 1. The normalized spacial score (nSPS) is 15.0. The molecule has 1 aliphatic rings. The van der Waals surface area contributed by atoms with Crippen molar-refractivity contribution in [3.63, 3.8) is 0 Å². The minimum Gasteiger partial charge on any atom is -0.366 e. The van der Waals surface area contributed by atoms with Crippen molar-refractivity contribution in [1.82, 2.24) is 14.5 Å². The number of benzene rings is 1. The number of nitrogens with zero attached hydrogens (tertiary/aromatic N) is 2. The van der Waals surface area contributed by atoms with Gasteiger partial charge in [-0.1, -0.05) is 12.1 Å². The zero-order valence-corrected chi connectivity index (χ0v) is 13.1. The Morgan fingerprint density at radius 1 is 1.36 bits per heavy atom. The molecule has 1 amide bonds. The third-order valence-electron chi connectivity index (χ3n) is 3.87. The van der Waals surface area contributed by atoms with Crippen LogP contribution in [0.2, 0.25) is 0 Å². The number of nitrogens with two attached hydrogens (primary N) is 1. The lowest BCUT2D eigenvalue weighted by Gasteiger charge is -2.13. The Balaban J connectivity index is 2.14. The minimum absolute atomic E-state index is 0.243. The number of carbonyl (C=O) groups excluding carboxylic acids is 1. The Labute approximate surface area is 128 Å². The molecule has 3 N–H and O–H groups in total. The molecule has 116 valence electrons. The van der Waals surface area contributed by atoms with Crippen LogP contribution >= 0.6 is 0 Å². The maximum Gasteiger partial charge on any atom is 0.249 e. The van der Waals surface area contributed by atoms with E-state index >= 15 is 0 Å². The lowest BCUT2D eigenvalue weighted by molar-refractivity contribution is 0.100. The van der Waals surface area contributed by atoms with Crippen LogP contribution in [0.3, 0.4) is 0 Å². The van der Waals surface area contributed by atoms with E-state index in [4.69, 9.17) is 5.73 Å². The van der Waals surface area contributed by atoms with Crippen molar-refractivity contribution in [3.05, 3.63) is 40.6 Å². The number of fused-ring (bicyclic) bond motifs is 1. The van der Waals surface area contributed by atoms with Crippen LogP contribution in [-0.4, -0.2) is 35.1 Å². The average Bonchev–Trinajstić information content (AvgIpc) is 2.98. The van der Waals surface area contributed by atoms with E-state index in [1.807, 2.05) is 13.0 Å². The SMILES string of the molecule is Cc1cccc(C(N)=O)c1-c1n[nH]c2c1CN(S(C)(=O)=O)C2. The van der Waals surface area contributed by atoms with Gasteiger partial charge in [-0.2, -0.15) is 9.40 Å². The van der Waals surface area contributed by atoms with E-state index in [0.29, 0.717) is 16.8 Å². The van der Waals surface area contributed by atoms with E-state index < -0.39 is 15.9 Å². The van der Waals surface area contributed by atoms with Gasteiger partial charge in [0.25, 0.3) is 0 Å². The van der Waals surface area contributed by atoms with Crippen LogP contribution in [0.5, 0.6) is 0 Å². The van der Waals surface area contributed by atoms with Gasteiger partial charge in [0.05, 0.1) is 24.2 Å². The van der Waals surface area contributed by atoms with Crippen molar-refractivity contribution >= 4 is 15.9 Å². The van der Waals surface area contributed by atoms with Gasteiger partial charge in [-0.15, -0.1) is 0 Å². The Morgan fingerprint density at radius 3 is 2.73 bits per heavy atom. The Bertz CT molecular complexity index is 870. The fourth-order valence-electron chi connectivity index (χ4n) is 2.74. The molecule has 0 bridgehead atoms. The Hall–Kier alpha value is -2.19. The summed E-state index contributed by atoms with van der Waals surface area (Å²) >= 11 is 0. The predicted octanol–water partition coefficient (Wildman–Crippen LogP) is 0.759. The van der Waals surface area contributed by atoms with E-state index in [-0.39, 0.29) is 13.1 Å². The van der Waals surface area contributed by atoms with Crippen LogP contribution in [0.1, 0.15) is 27.2 Å². The van der Waals surface area contributed by atoms with E-state index in [2.05, 4.69) is 10.2 Å². The van der Waals surface area contributed by atoms with Crippen molar-refractivity contribution < 1.29 is 13.2 Å². The van der Waals surface area contributed by atoms with Crippen molar-refractivity contribution in [2.24, 2.45) is 5.73 Å². The highest BCUT2D eigenvalue weighted by Crippen LogP contribution is 2.35. The van der Waals surface area contributed by atoms with Crippen molar-refractivity contribution in [2.75, 3.05) is 6.26 Å². The van der Waals surface area contributed by atoms with Crippen LogP contribution in [0.25, 0.3) is 11.3 Å². The number of sulfonamides is 1. The molecule has 0 aliphatic carbocycles. The second-order valence-electron chi connectivity index (χ2n) is 5.42. The second kappa shape index (κ2) is 4.92. The number of primary amides is 1. The topological polar surface area (TPSA) is 109 Å². The molecule has 0 unspecified atom stereocenters. The first kappa shape index (κ1) is 14.7. The highest BCUT2D eigenvalue weighted by Gasteiger charge is 2.31. The molecule has 2 heterocycles. The molecule has 3 rings (SSSR count). The molecule has 0 spiro atoms. The number of rotatable bonds is 3. The maximum atomic E-state index is 11.7. The first-order valence-electron chi connectivity index (χ1n) is 6.70. The molecule has 22 heavy (non-hydrogen) atoms. The third kappa shape index (κ3) is 2.30. The summed E-state index contributed by atoms with van der Waals surface area (Å²) in [4.78, 5) is 11.7. The van der Waals surface area contributed by atoms with Gasteiger partial charge in [0.15, 0.2) is 0 Å². The first-order valence-corrected chi connectivity index (χ1v) is 8.55. The highest BCUT2D eigenvalue weighted by molar-refractivity contribution is 7.88. The molecule has 1 aromatic heterocycles. The molecule has 7 nitrogen and oxygen atoms in total. The van der Waals surface area contributed by atoms with Crippen LogP contribution in [0.15, 0.2) is 18.2 Å². The summed E-state index contributed by atoms with van der Waals surface area (Å²) in [5.74, 6) is -0.534. The van der Waals surface area contributed by atoms with E-state index in [1.165, 1.54) is 10.6 Å². The number of amides is 1. The minimum atomic E-state index is -3.28. The van der Waals surface area contributed by atoms with Gasteiger partial charge < -0.3 is 5.73 Å². The molecule has 0 saturated carbocycles. The Morgan fingerprint density at radius 2 is 2.09 bits per heavy atom. The molecule has 0 radical (unpaired) electrons. The first-order chi connectivity index (χ1) is 10.3. The predicted molar refractivity (Wildman–Crippen MR) is 81.4 cm³/mol. The molecule has 0 fully saturated rings. The quantitative estimate of drug-likeness (QED) is 0.870. The summed E-state index contributed by atoms with van der Waals surface area (Å²) in [6, 6.07) is 5.27. The number of carbonyl (C=O) groups is 1. The zero-order chi connectivity index (χ0) is 16.1. The summed E-state index contributed by atoms with van der Waals surface area (Å²) < 4.78 is 24.8. The fraction of sp³-hybridized carbons (Fsp3) is 0.286. The lowest BCUT2D eigenvalue weighted by atomic mass is 9.96. The van der Waals surface area contributed by atoms with Crippen molar-refractivity contribution in [2.45, 2.75) is 20.0 Å². The third-order valence-corrected chi connectivity index (χ3v) is 5.06. The summed E-state index contributed by atoms with van der Waals surface area (Å²) in [7, 11) is -3.28. The van der Waals surface area contributed by atoms with Gasteiger partial charge in [-0.25, -0.2) is 8.42 Å². The number of aromatic amines is 1. The second-order valence-corrected chi connectivity index (χ2v) is 7.40. The van der Waals surface area contributed by atoms with E-state index in [0.717, 1.165) is 16.8 Å². The summed E-state index contributed by atoms with van der Waals surface area (Å²) in [5, 5.41) is 7.15. The summed E-state index contributed by atoms with van der Waals surface area (Å²) in [5.41, 5.74) is 9.48. The standard InChI is InChI=1S/C14H16N4O3S/c1-8-4-3-5-9(14(15)19)12(8)13-10-6-18(22(2,20)21)7-11(10)16-17-13/h3-5H,6-7H2,1-2H3,(H2,15,19)(H,16,17). The molecule has 0 atom stereocenters. The molecular formula is C14H16N4O3S. The number of hydrogen-bond acceptors (Lipinski definition) is 4. The Kier molecular flexibility index (Phi) is 3.30. The molecule has 2 aromatic rings. The largest absolute Gasteiger partial charge is 0.366 e. The number of aromatic nitrogens is 2. The molecule has 0 saturated heterocycles. The molecular weight excluding hydrogens is 304 g/mol. The smallest absolute Gasteiger partial charge is 0.249 e. The van der Waals surface area contributed by atoms with Gasteiger partial charge in [0, 0.05) is 23.2 Å². The molecule has 1 aromatic carbocycles. The van der Waals surface area contributed by atoms with Crippen molar-refractivity contribution in [3.8, 4) is 11.3 Å². The van der Waals surface area contributed by atoms with Gasteiger partial charge in [0.2, 0.25) is 15.9 Å². The zero-order valence-electron chi connectivity index (χ0n) is 12.3. The summed E-state index contributed by atoms with van der Waals surface area (Å²) in [6.45, 7) is 2.37. The van der Waals surface area contributed by atoms with Gasteiger partial charge in [0.1, 0.15) is 0 Å². The fourth-order valence-corrected chi connectivity index (χ4v) is 3.47. The van der Waals surface area contributed by atoms with Crippen LogP contribution in [0, 0.1) is 6.92 Å². The summed E-state index contributed by atoms with van der Waals surface area (Å²) in [6.07, 6.45) is 1.18. The monoisotopic (exact) mass is 320 g/mol. The van der Waals surface area contributed by atoms with Crippen LogP contribution in [-0.2, 0) is 23.1 Å². The molecule has 1 aliphatic heterocycles. The van der Waals surface area contributed by atoms with Gasteiger partial charge in [-0.05, 0) is 18.6 Å². The average molecular weight is 320 g/mol. The number of nitrogens with one attached hydrogen (secondary N) is 1. The van der Waals surface area contributed by atoms with E-state index in [1.54, 1.807) is 12.1 Å². The van der Waals surface area contributed by atoms with Gasteiger partial charge in [-0.3, -0.25) is 9.89 Å².